The summed E-state index contributed by atoms with van der Waals surface area (Å²) in [6, 6.07) is 49.0. The van der Waals surface area contributed by atoms with Crippen LogP contribution < -0.4 is 0 Å². The van der Waals surface area contributed by atoms with Crippen LogP contribution in [0.2, 0.25) is 0 Å². The molecule has 0 atom stereocenters. The Morgan fingerprint density at radius 2 is 0.973 bits per heavy atom. The van der Waals surface area contributed by atoms with E-state index in [9.17, 15) is 0 Å². The lowest BCUT2D eigenvalue weighted by Gasteiger charge is -2.22. The third-order valence-corrected chi connectivity index (χ3v) is 8.77. The summed E-state index contributed by atoms with van der Waals surface area (Å²) in [7, 11) is 0. The van der Waals surface area contributed by atoms with Gasteiger partial charge in [-0.2, -0.15) is 0 Å². The van der Waals surface area contributed by atoms with Crippen molar-refractivity contribution in [1.29, 1.82) is 0 Å². The Bertz CT molecular complexity index is 1940. The molecule has 0 saturated carbocycles. The van der Waals surface area contributed by atoms with Gasteiger partial charge in [0.2, 0.25) is 0 Å². The van der Waals surface area contributed by atoms with Gasteiger partial charge in [-0.05, 0) is 78.5 Å². The van der Waals surface area contributed by atoms with Crippen LogP contribution in [0.5, 0.6) is 0 Å². The molecular weight excluding hydrogens is 464 g/mol. The topological polar surface area (TPSA) is 0 Å². The Hall–Kier alpha value is -4.33. The maximum Gasteiger partial charge on any atom is 0.0207 e. The summed E-state index contributed by atoms with van der Waals surface area (Å²) < 4.78 is 0. The summed E-state index contributed by atoms with van der Waals surface area (Å²) in [5, 5.41) is 7.85. The van der Waals surface area contributed by atoms with Gasteiger partial charge in [-0.1, -0.05) is 127 Å². The van der Waals surface area contributed by atoms with E-state index in [-0.39, 0.29) is 0 Å². The third-order valence-electron chi connectivity index (χ3n) is 7.64. The second-order valence-electron chi connectivity index (χ2n) is 9.68. The first-order valence-corrected chi connectivity index (χ1v) is 13.5. The van der Waals surface area contributed by atoms with E-state index in [1.54, 1.807) is 0 Å². The van der Waals surface area contributed by atoms with Crippen LogP contribution in [0.3, 0.4) is 0 Å². The Labute approximate surface area is 220 Å². The lowest BCUT2D eigenvalue weighted by atomic mass is 9.85. The minimum atomic E-state index is 1.26. The van der Waals surface area contributed by atoms with Crippen molar-refractivity contribution in [1.82, 2.24) is 0 Å². The molecule has 0 fully saturated rings. The SMILES string of the molecule is c1ccc(-c2c3ccccc3c(-c3ccc4c(c3)-c3cccc5cccc(c35)S4)c3ccccc23)cc1. The maximum atomic E-state index is 2.42. The van der Waals surface area contributed by atoms with Crippen LogP contribution in [0, 0.1) is 0 Å². The zero-order valence-electron chi connectivity index (χ0n) is 20.1. The van der Waals surface area contributed by atoms with Crippen molar-refractivity contribution in [2.24, 2.45) is 0 Å². The first-order valence-electron chi connectivity index (χ1n) is 12.7. The van der Waals surface area contributed by atoms with Crippen molar-refractivity contribution in [3.05, 3.63) is 133 Å². The molecule has 0 nitrogen and oxygen atoms in total. The van der Waals surface area contributed by atoms with Crippen LogP contribution in [-0.4, -0.2) is 0 Å². The molecule has 1 heterocycles. The Morgan fingerprint density at radius 3 is 1.65 bits per heavy atom. The molecule has 0 unspecified atom stereocenters. The highest BCUT2D eigenvalue weighted by Crippen LogP contribution is 2.50. The molecule has 0 aromatic heterocycles. The van der Waals surface area contributed by atoms with Gasteiger partial charge in [0.15, 0.2) is 0 Å². The van der Waals surface area contributed by atoms with E-state index in [1.807, 2.05) is 11.8 Å². The van der Waals surface area contributed by atoms with Crippen molar-refractivity contribution >= 4 is 44.1 Å². The molecule has 1 heteroatoms. The summed E-state index contributed by atoms with van der Waals surface area (Å²) >= 11 is 1.89. The minimum Gasteiger partial charge on any atom is -0.0888 e. The van der Waals surface area contributed by atoms with E-state index in [0.717, 1.165) is 0 Å². The van der Waals surface area contributed by atoms with Gasteiger partial charge >= 0.3 is 0 Å². The average molecular weight is 487 g/mol. The van der Waals surface area contributed by atoms with Crippen LogP contribution in [-0.2, 0) is 0 Å². The van der Waals surface area contributed by atoms with E-state index < -0.39 is 0 Å². The normalized spacial score (nSPS) is 12.2. The molecule has 0 spiro atoms. The number of fused-ring (bicyclic) bond motifs is 4. The summed E-state index contributed by atoms with van der Waals surface area (Å²) in [5.74, 6) is 0. The highest BCUT2D eigenvalue weighted by atomic mass is 32.2. The van der Waals surface area contributed by atoms with Gasteiger partial charge in [0.1, 0.15) is 0 Å². The molecule has 0 radical (unpaired) electrons. The lowest BCUT2D eigenvalue weighted by Crippen LogP contribution is -1.95. The fourth-order valence-corrected chi connectivity index (χ4v) is 7.20. The van der Waals surface area contributed by atoms with Crippen LogP contribution in [0.15, 0.2) is 143 Å². The molecule has 0 bridgehead atoms. The largest absolute Gasteiger partial charge is 0.0888 e. The summed E-state index contributed by atoms with van der Waals surface area (Å²) in [5.41, 5.74) is 7.80. The predicted molar refractivity (Wildman–Crippen MR) is 159 cm³/mol. The van der Waals surface area contributed by atoms with Crippen LogP contribution in [0.25, 0.3) is 65.7 Å². The highest BCUT2D eigenvalue weighted by Gasteiger charge is 2.21. The fourth-order valence-electron chi connectivity index (χ4n) is 6.07. The minimum absolute atomic E-state index is 1.26. The van der Waals surface area contributed by atoms with Gasteiger partial charge in [-0.25, -0.2) is 0 Å². The number of hydrogen-bond acceptors (Lipinski definition) is 1. The van der Waals surface area contributed by atoms with Gasteiger partial charge in [0.25, 0.3) is 0 Å². The first kappa shape index (κ1) is 20.8. The maximum absolute atomic E-state index is 2.42. The first-order chi connectivity index (χ1) is 18.4. The lowest BCUT2D eigenvalue weighted by molar-refractivity contribution is 1.40. The van der Waals surface area contributed by atoms with E-state index in [1.165, 1.54) is 75.5 Å². The van der Waals surface area contributed by atoms with Crippen LogP contribution in [0.1, 0.15) is 0 Å². The molecule has 7 aromatic carbocycles. The van der Waals surface area contributed by atoms with Gasteiger partial charge in [-0.3, -0.25) is 0 Å². The van der Waals surface area contributed by atoms with Crippen molar-refractivity contribution in [3.8, 4) is 33.4 Å². The Kier molecular flexibility index (Phi) is 4.55. The zero-order valence-corrected chi connectivity index (χ0v) is 20.9. The van der Waals surface area contributed by atoms with Gasteiger partial charge in [0.05, 0.1) is 0 Å². The Balaban J connectivity index is 1.46. The van der Waals surface area contributed by atoms with Gasteiger partial charge in [0, 0.05) is 15.2 Å². The van der Waals surface area contributed by atoms with Gasteiger partial charge in [-0.15, -0.1) is 0 Å². The highest BCUT2D eigenvalue weighted by molar-refractivity contribution is 7.99. The molecule has 0 aliphatic carbocycles. The van der Waals surface area contributed by atoms with E-state index >= 15 is 0 Å². The van der Waals surface area contributed by atoms with Crippen LogP contribution in [0.4, 0.5) is 0 Å². The summed E-state index contributed by atoms with van der Waals surface area (Å²) in [4.78, 5) is 2.67. The van der Waals surface area contributed by atoms with Crippen molar-refractivity contribution in [2.75, 3.05) is 0 Å². The summed E-state index contributed by atoms with van der Waals surface area (Å²) in [6.45, 7) is 0. The molecule has 172 valence electrons. The molecule has 1 aliphatic rings. The Morgan fingerprint density at radius 1 is 0.378 bits per heavy atom. The molecule has 7 aromatic rings. The summed E-state index contributed by atoms with van der Waals surface area (Å²) in [6.07, 6.45) is 0. The standard InChI is InChI=1S/C36H22S/c1-2-10-23(11-3-1)34-26-14-4-6-16-28(26)35(29-17-7-5-15-27(29)34)25-20-21-32-31(22-25)30-18-8-12-24-13-9-19-33(37-32)36(24)30/h1-22H. The van der Waals surface area contributed by atoms with Crippen molar-refractivity contribution < 1.29 is 0 Å². The average Bonchev–Trinajstić information content (AvgIpc) is 2.96. The monoisotopic (exact) mass is 486 g/mol. The van der Waals surface area contributed by atoms with Crippen LogP contribution >= 0.6 is 11.8 Å². The molecule has 37 heavy (non-hydrogen) atoms. The van der Waals surface area contributed by atoms with Gasteiger partial charge < -0.3 is 0 Å². The van der Waals surface area contributed by atoms with Crippen molar-refractivity contribution in [2.45, 2.75) is 9.79 Å². The molecule has 8 rings (SSSR count). The molecule has 0 amide bonds. The predicted octanol–water partition coefficient (Wildman–Crippen LogP) is 10.6. The second-order valence-corrected chi connectivity index (χ2v) is 10.8. The van der Waals surface area contributed by atoms with E-state index in [2.05, 4.69) is 133 Å². The smallest absolute Gasteiger partial charge is 0.0207 e. The van der Waals surface area contributed by atoms with E-state index in [0.29, 0.717) is 0 Å². The number of hydrogen-bond donors (Lipinski definition) is 0. The van der Waals surface area contributed by atoms with Crippen molar-refractivity contribution in [3.63, 3.8) is 0 Å². The molecule has 0 N–H and O–H groups in total. The third kappa shape index (κ3) is 3.11. The quantitative estimate of drug-likeness (QED) is 0.219. The fraction of sp³-hybridized carbons (Fsp3) is 0. The number of benzene rings is 7. The zero-order chi connectivity index (χ0) is 24.3. The molecule has 0 saturated heterocycles. The second kappa shape index (κ2) is 8.09. The number of rotatable bonds is 2. The van der Waals surface area contributed by atoms with E-state index in [4.69, 9.17) is 0 Å². The molecular formula is C36H22S. The molecule has 1 aliphatic heterocycles.